The first-order valence-electron chi connectivity index (χ1n) is 12.0. The third-order valence-electron chi connectivity index (χ3n) is 5.34. The van der Waals surface area contributed by atoms with E-state index >= 15 is 0 Å². The monoisotopic (exact) mass is 572 g/mol. The molecular formula is C28H29ClN2O5S2. The number of benzene rings is 2. The second kappa shape index (κ2) is 15.4. The number of methoxy groups -OCH3 is 1. The molecule has 0 radical (unpaired) electrons. The fourth-order valence-electron chi connectivity index (χ4n) is 3.51. The van der Waals surface area contributed by atoms with Gasteiger partial charge in [-0.1, -0.05) is 48.0 Å². The SMILES string of the molecule is COC(=O)CCCSC(SCCCC(=O)OC(N)=O)c1cccc(C=Cc2ccc3ccc(Cl)cc3n2)c1. The summed E-state index contributed by atoms with van der Waals surface area (Å²) in [4.78, 5) is 38.5. The van der Waals surface area contributed by atoms with E-state index in [4.69, 9.17) is 22.1 Å². The van der Waals surface area contributed by atoms with E-state index in [9.17, 15) is 14.4 Å². The highest BCUT2D eigenvalue weighted by Crippen LogP contribution is 2.40. The summed E-state index contributed by atoms with van der Waals surface area (Å²) < 4.78 is 9.21. The number of hydrogen-bond donors (Lipinski definition) is 1. The number of carbonyl (C=O) groups is 3. The number of amides is 1. The molecule has 1 aromatic heterocycles. The number of fused-ring (bicyclic) bond motifs is 1. The van der Waals surface area contributed by atoms with Crippen molar-refractivity contribution in [3.63, 3.8) is 0 Å². The average molecular weight is 573 g/mol. The van der Waals surface area contributed by atoms with E-state index in [1.807, 2.05) is 54.6 Å². The summed E-state index contributed by atoms with van der Waals surface area (Å²) in [6, 6.07) is 17.9. The van der Waals surface area contributed by atoms with Crippen molar-refractivity contribution in [3.05, 3.63) is 76.4 Å². The minimum absolute atomic E-state index is 0.0918. The lowest BCUT2D eigenvalue weighted by atomic mass is 10.1. The lowest BCUT2D eigenvalue weighted by Gasteiger charge is -2.17. The number of aromatic nitrogens is 1. The quantitative estimate of drug-likeness (QED) is 0.102. The lowest BCUT2D eigenvalue weighted by molar-refractivity contribution is -0.140. The zero-order valence-electron chi connectivity index (χ0n) is 20.9. The van der Waals surface area contributed by atoms with Crippen LogP contribution < -0.4 is 5.73 Å². The van der Waals surface area contributed by atoms with Gasteiger partial charge in [0.05, 0.1) is 22.9 Å². The van der Waals surface area contributed by atoms with Crippen molar-refractivity contribution in [1.29, 1.82) is 0 Å². The molecule has 2 aromatic carbocycles. The summed E-state index contributed by atoms with van der Waals surface area (Å²) in [5.41, 5.74) is 8.71. The molecule has 3 rings (SSSR count). The number of halogens is 1. The number of esters is 2. The van der Waals surface area contributed by atoms with Gasteiger partial charge in [0.1, 0.15) is 0 Å². The number of nitrogens with two attached hydrogens (primary N) is 1. The Hall–Kier alpha value is -3.01. The number of thioether (sulfide) groups is 2. The van der Waals surface area contributed by atoms with Crippen molar-refractivity contribution in [1.82, 2.24) is 4.98 Å². The Bertz CT molecular complexity index is 1300. The van der Waals surface area contributed by atoms with Crippen LogP contribution in [-0.2, 0) is 19.1 Å². The summed E-state index contributed by atoms with van der Waals surface area (Å²) in [6.45, 7) is 0. The molecular weight excluding hydrogens is 544 g/mol. The first-order chi connectivity index (χ1) is 18.3. The Morgan fingerprint density at radius 3 is 2.39 bits per heavy atom. The molecule has 0 saturated heterocycles. The molecule has 0 aliphatic heterocycles. The van der Waals surface area contributed by atoms with E-state index in [2.05, 4.69) is 21.9 Å². The molecule has 38 heavy (non-hydrogen) atoms. The number of rotatable bonds is 13. The lowest BCUT2D eigenvalue weighted by Crippen LogP contribution is -2.18. The number of ether oxygens (including phenoxy) is 2. The fraction of sp³-hybridized carbons (Fsp3) is 0.286. The van der Waals surface area contributed by atoms with Gasteiger partial charge in [-0.15, -0.1) is 23.5 Å². The summed E-state index contributed by atoms with van der Waals surface area (Å²) in [6.07, 6.45) is 4.63. The van der Waals surface area contributed by atoms with Gasteiger partial charge < -0.3 is 15.2 Å². The third-order valence-corrected chi connectivity index (χ3v) is 8.59. The first kappa shape index (κ1) is 29.5. The van der Waals surface area contributed by atoms with Crippen molar-refractivity contribution in [3.8, 4) is 0 Å². The highest BCUT2D eigenvalue weighted by Gasteiger charge is 2.15. The number of pyridine rings is 1. The molecule has 1 heterocycles. The van der Waals surface area contributed by atoms with Crippen LogP contribution in [0.4, 0.5) is 4.79 Å². The molecule has 0 aliphatic rings. The van der Waals surface area contributed by atoms with Crippen molar-refractivity contribution < 1.29 is 23.9 Å². The predicted octanol–water partition coefficient (Wildman–Crippen LogP) is 6.88. The minimum atomic E-state index is -1.09. The highest BCUT2D eigenvalue weighted by molar-refractivity contribution is 8.16. The summed E-state index contributed by atoms with van der Waals surface area (Å²) in [7, 11) is 1.39. The van der Waals surface area contributed by atoms with Crippen LogP contribution in [0.1, 0.15) is 47.1 Å². The maximum atomic E-state index is 11.6. The molecule has 1 atom stereocenters. The molecule has 0 fully saturated rings. The normalized spacial score (nSPS) is 11.9. The Kier molecular flexibility index (Phi) is 12.0. The number of nitrogens with zero attached hydrogens (tertiary/aromatic N) is 1. The van der Waals surface area contributed by atoms with Crippen LogP contribution in [0.5, 0.6) is 0 Å². The Morgan fingerprint density at radius 1 is 0.974 bits per heavy atom. The largest absolute Gasteiger partial charge is 0.469 e. The number of carbonyl (C=O) groups excluding carboxylic acids is 3. The summed E-state index contributed by atoms with van der Waals surface area (Å²) >= 11 is 9.55. The minimum Gasteiger partial charge on any atom is -0.469 e. The van der Waals surface area contributed by atoms with Gasteiger partial charge >= 0.3 is 18.0 Å². The molecule has 1 amide bonds. The smallest absolute Gasteiger partial charge is 0.412 e. The standard InChI is InChI=1S/C28H29ClN2O5S2/c1-35-25(32)7-3-15-37-27(38-16-4-8-26(33)36-28(30)34)21-6-2-5-19(17-21)9-13-23-14-11-20-10-12-22(29)18-24(20)31-23/h2,5-6,9-14,17-18,27H,3-4,7-8,15-16H2,1H3,(H2,30,34). The van der Waals surface area contributed by atoms with E-state index in [0.717, 1.165) is 33.5 Å². The molecule has 0 saturated carbocycles. The van der Waals surface area contributed by atoms with Gasteiger partial charge in [-0.3, -0.25) is 9.59 Å². The van der Waals surface area contributed by atoms with Crippen LogP contribution in [0.15, 0.2) is 54.6 Å². The van der Waals surface area contributed by atoms with Gasteiger partial charge in [-0.25, -0.2) is 9.78 Å². The van der Waals surface area contributed by atoms with Crippen LogP contribution >= 0.6 is 35.1 Å². The van der Waals surface area contributed by atoms with E-state index in [-0.39, 0.29) is 17.0 Å². The van der Waals surface area contributed by atoms with Gasteiger partial charge in [0.25, 0.3) is 0 Å². The Labute approximate surface area is 235 Å². The number of primary amides is 1. The number of hydrogen-bond acceptors (Lipinski definition) is 8. The van der Waals surface area contributed by atoms with E-state index in [1.54, 1.807) is 23.5 Å². The Morgan fingerprint density at radius 2 is 1.68 bits per heavy atom. The van der Waals surface area contributed by atoms with E-state index in [0.29, 0.717) is 30.0 Å². The van der Waals surface area contributed by atoms with Crippen molar-refractivity contribution in [2.24, 2.45) is 5.73 Å². The van der Waals surface area contributed by atoms with Gasteiger partial charge in [0, 0.05) is 23.3 Å². The molecule has 200 valence electrons. The average Bonchev–Trinajstić information content (AvgIpc) is 2.90. The van der Waals surface area contributed by atoms with Crippen LogP contribution in [0, 0.1) is 0 Å². The first-order valence-corrected chi connectivity index (χ1v) is 14.5. The Balaban J connectivity index is 1.67. The highest BCUT2D eigenvalue weighted by atomic mass is 35.5. The molecule has 0 bridgehead atoms. The van der Waals surface area contributed by atoms with Crippen molar-refractivity contribution >= 4 is 76.2 Å². The zero-order valence-corrected chi connectivity index (χ0v) is 23.3. The predicted molar refractivity (Wildman–Crippen MR) is 156 cm³/mol. The molecule has 2 N–H and O–H groups in total. The van der Waals surface area contributed by atoms with Crippen molar-refractivity contribution in [2.75, 3.05) is 18.6 Å². The van der Waals surface area contributed by atoms with Crippen LogP contribution in [0.25, 0.3) is 23.1 Å². The van der Waals surface area contributed by atoms with Crippen LogP contribution in [0.3, 0.4) is 0 Å². The third kappa shape index (κ3) is 10.0. The molecule has 0 spiro atoms. The van der Waals surface area contributed by atoms with Gasteiger partial charge in [-0.2, -0.15) is 0 Å². The van der Waals surface area contributed by atoms with Crippen LogP contribution in [0.2, 0.25) is 5.02 Å². The summed E-state index contributed by atoms with van der Waals surface area (Å²) in [5, 5.41) is 1.68. The van der Waals surface area contributed by atoms with Crippen molar-refractivity contribution in [2.45, 2.75) is 30.3 Å². The molecule has 0 aliphatic carbocycles. The van der Waals surface area contributed by atoms with E-state index in [1.165, 1.54) is 7.11 Å². The molecule has 1 unspecified atom stereocenters. The molecule has 10 heteroatoms. The van der Waals surface area contributed by atoms with Gasteiger partial charge in [-0.05, 0) is 65.8 Å². The van der Waals surface area contributed by atoms with Gasteiger partial charge in [0.15, 0.2) is 0 Å². The zero-order chi connectivity index (χ0) is 27.3. The fourth-order valence-corrected chi connectivity index (χ4v) is 6.37. The molecule has 7 nitrogen and oxygen atoms in total. The van der Waals surface area contributed by atoms with Crippen LogP contribution in [-0.4, -0.2) is 41.6 Å². The second-order valence-corrected chi connectivity index (χ2v) is 11.4. The van der Waals surface area contributed by atoms with E-state index < -0.39 is 12.1 Å². The van der Waals surface area contributed by atoms with Gasteiger partial charge in [0.2, 0.25) is 0 Å². The maximum Gasteiger partial charge on any atom is 0.412 e. The molecule has 3 aromatic rings. The topological polar surface area (TPSA) is 109 Å². The second-order valence-electron chi connectivity index (χ2n) is 8.23. The summed E-state index contributed by atoms with van der Waals surface area (Å²) in [5.74, 6) is 0.614. The maximum absolute atomic E-state index is 11.6.